The van der Waals surface area contributed by atoms with Crippen LogP contribution in [0.5, 0.6) is 0 Å². The van der Waals surface area contributed by atoms with Gasteiger partial charge < -0.3 is 10.2 Å². The molecule has 0 aliphatic carbocycles. The molecule has 2 rings (SSSR count). The van der Waals surface area contributed by atoms with Crippen LogP contribution in [-0.4, -0.2) is 39.9 Å². The molecule has 0 radical (unpaired) electrons. The minimum atomic E-state index is -0.405. The summed E-state index contributed by atoms with van der Waals surface area (Å²) in [6.07, 6.45) is 0.895. The first-order valence-corrected chi connectivity index (χ1v) is 10.6. The van der Waals surface area contributed by atoms with Crippen molar-refractivity contribution in [3.8, 4) is 0 Å². The molecule has 1 aromatic carbocycles. The maximum atomic E-state index is 13.3. The maximum absolute atomic E-state index is 13.3. The Morgan fingerprint density at radius 2 is 1.92 bits per heavy atom. The Hall–Kier alpha value is -1.49. The highest BCUT2D eigenvalue weighted by Gasteiger charge is 2.42. The molecule has 1 saturated heterocycles. The standard InChI is InChI=1S/C21H32N2O2S/c1-13(2)10-19-23(21(25)17-9-7-8-15(5)11-17)18(12-26-19)20(24)22-16(6)14(3)4/h7-9,11,13-14,16,18-19H,10,12H2,1-6H3,(H,22,24). The van der Waals surface area contributed by atoms with E-state index in [9.17, 15) is 9.59 Å². The van der Waals surface area contributed by atoms with Crippen LogP contribution in [0.3, 0.4) is 0 Å². The monoisotopic (exact) mass is 376 g/mol. The zero-order valence-corrected chi connectivity index (χ0v) is 17.6. The minimum Gasteiger partial charge on any atom is -0.352 e. The van der Waals surface area contributed by atoms with Crippen LogP contribution in [-0.2, 0) is 4.79 Å². The van der Waals surface area contributed by atoms with Crippen LogP contribution in [0.15, 0.2) is 24.3 Å². The van der Waals surface area contributed by atoms with E-state index in [1.54, 1.807) is 11.8 Å². The van der Waals surface area contributed by atoms with Crippen molar-refractivity contribution in [2.45, 2.75) is 65.4 Å². The molecule has 1 fully saturated rings. The Balaban J connectivity index is 2.26. The van der Waals surface area contributed by atoms with E-state index in [0.29, 0.717) is 23.2 Å². The largest absolute Gasteiger partial charge is 0.352 e. The molecular weight excluding hydrogens is 344 g/mol. The van der Waals surface area contributed by atoms with Crippen LogP contribution in [0.2, 0.25) is 0 Å². The van der Waals surface area contributed by atoms with E-state index >= 15 is 0 Å². The summed E-state index contributed by atoms with van der Waals surface area (Å²) in [5.41, 5.74) is 1.72. The molecule has 2 amide bonds. The summed E-state index contributed by atoms with van der Waals surface area (Å²) in [5, 5.41) is 3.15. The lowest BCUT2D eigenvalue weighted by Gasteiger charge is -2.31. The third-order valence-electron chi connectivity index (χ3n) is 4.94. The molecule has 3 atom stereocenters. The molecule has 3 unspecified atom stereocenters. The Kier molecular flexibility index (Phi) is 7.16. The predicted octanol–water partition coefficient (Wildman–Crippen LogP) is 4.09. The average molecular weight is 377 g/mol. The minimum absolute atomic E-state index is 0.0361. The Bertz CT molecular complexity index is 645. The fourth-order valence-corrected chi connectivity index (χ4v) is 4.68. The predicted molar refractivity (Wildman–Crippen MR) is 109 cm³/mol. The molecule has 0 bridgehead atoms. The van der Waals surface area contributed by atoms with Crippen molar-refractivity contribution < 1.29 is 9.59 Å². The van der Waals surface area contributed by atoms with Gasteiger partial charge >= 0.3 is 0 Å². The SMILES string of the molecule is Cc1cccc(C(=O)N2C(CC(C)C)SCC2C(=O)NC(C)C(C)C)c1. The van der Waals surface area contributed by atoms with Gasteiger partial charge in [0.05, 0.1) is 5.37 Å². The number of benzene rings is 1. The van der Waals surface area contributed by atoms with Gasteiger partial charge in [-0.1, -0.05) is 45.4 Å². The van der Waals surface area contributed by atoms with Gasteiger partial charge in [-0.3, -0.25) is 9.59 Å². The van der Waals surface area contributed by atoms with Crippen LogP contribution < -0.4 is 5.32 Å². The molecule has 0 spiro atoms. The van der Waals surface area contributed by atoms with Gasteiger partial charge in [0.2, 0.25) is 5.91 Å². The Morgan fingerprint density at radius 3 is 2.50 bits per heavy atom. The molecule has 1 aliphatic heterocycles. The van der Waals surface area contributed by atoms with Crippen molar-refractivity contribution in [3.63, 3.8) is 0 Å². The number of aryl methyl sites for hydroxylation is 1. The first-order valence-electron chi connectivity index (χ1n) is 9.52. The van der Waals surface area contributed by atoms with Crippen molar-refractivity contribution in [1.82, 2.24) is 10.2 Å². The highest BCUT2D eigenvalue weighted by molar-refractivity contribution is 8.00. The number of amides is 2. The summed E-state index contributed by atoms with van der Waals surface area (Å²) in [6.45, 7) is 12.5. The first-order chi connectivity index (χ1) is 12.2. The third kappa shape index (κ3) is 5.03. The average Bonchev–Trinajstić information content (AvgIpc) is 2.96. The molecule has 0 aromatic heterocycles. The molecule has 1 aromatic rings. The first kappa shape index (κ1) is 20.8. The van der Waals surface area contributed by atoms with E-state index in [0.717, 1.165) is 12.0 Å². The van der Waals surface area contributed by atoms with Gasteiger partial charge in [0.1, 0.15) is 6.04 Å². The summed E-state index contributed by atoms with van der Waals surface area (Å²) in [5.74, 6) is 1.41. The van der Waals surface area contributed by atoms with Crippen molar-refractivity contribution in [2.24, 2.45) is 11.8 Å². The second-order valence-corrected chi connectivity index (χ2v) is 9.27. The highest BCUT2D eigenvalue weighted by Crippen LogP contribution is 2.35. The number of hydrogen-bond acceptors (Lipinski definition) is 3. The quantitative estimate of drug-likeness (QED) is 0.814. The third-order valence-corrected chi connectivity index (χ3v) is 6.25. The maximum Gasteiger partial charge on any atom is 0.255 e. The molecular formula is C21H32N2O2S. The van der Waals surface area contributed by atoms with E-state index < -0.39 is 6.04 Å². The summed E-state index contributed by atoms with van der Waals surface area (Å²) >= 11 is 1.72. The van der Waals surface area contributed by atoms with Gasteiger partial charge in [-0.15, -0.1) is 11.8 Å². The normalized spacial score (nSPS) is 21.3. The van der Waals surface area contributed by atoms with E-state index in [2.05, 4.69) is 33.0 Å². The summed E-state index contributed by atoms with van der Waals surface area (Å²) < 4.78 is 0. The van der Waals surface area contributed by atoms with Gasteiger partial charge in [-0.05, 0) is 44.2 Å². The van der Waals surface area contributed by atoms with Gasteiger partial charge in [-0.25, -0.2) is 0 Å². The molecule has 1 N–H and O–H groups in total. The lowest BCUT2D eigenvalue weighted by atomic mass is 10.0. The molecule has 1 aliphatic rings. The van der Waals surface area contributed by atoms with E-state index in [1.807, 2.05) is 43.0 Å². The van der Waals surface area contributed by atoms with Gasteiger partial charge in [-0.2, -0.15) is 0 Å². The number of nitrogens with zero attached hydrogens (tertiary/aromatic N) is 1. The van der Waals surface area contributed by atoms with E-state index in [1.165, 1.54) is 0 Å². The number of carbonyl (C=O) groups excluding carboxylic acids is 2. The molecule has 144 valence electrons. The summed E-state index contributed by atoms with van der Waals surface area (Å²) in [4.78, 5) is 28.0. The van der Waals surface area contributed by atoms with Gasteiger partial charge in [0, 0.05) is 17.4 Å². The molecule has 26 heavy (non-hydrogen) atoms. The zero-order valence-electron chi connectivity index (χ0n) is 16.8. The lowest BCUT2D eigenvalue weighted by Crippen LogP contribution is -2.52. The lowest BCUT2D eigenvalue weighted by molar-refractivity contribution is -0.125. The van der Waals surface area contributed by atoms with E-state index in [4.69, 9.17) is 0 Å². The van der Waals surface area contributed by atoms with Crippen LogP contribution in [0.25, 0.3) is 0 Å². The van der Waals surface area contributed by atoms with Gasteiger partial charge in [0.15, 0.2) is 0 Å². The summed E-state index contributed by atoms with van der Waals surface area (Å²) in [6, 6.07) is 7.32. The van der Waals surface area contributed by atoms with Crippen molar-refractivity contribution >= 4 is 23.6 Å². The van der Waals surface area contributed by atoms with Crippen LogP contribution in [0.4, 0.5) is 0 Å². The second-order valence-electron chi connectivity index (χ2n) is 8.06. The van der Waals surface area contributed by atoms with Crippen LogP contribution >= 0.6 is 11.8 Å². The zero-order chi connectivity index (χ0) is 19.4. The molecule has 1 heterocycles. The number of nitrogens with one attached hydrogen (secondary N) is 1. The number of carbonyl (C=O) groups is 2. The van der Waals surface area contributed by atoms with E-state index in [-0.39, 0.29) is 23.2 Å². The van der Waals surface area contributed by atoms with Crippen LogP contribution in [0.1, 0.15) is 57.0 Å². The Morgan fingerprint density at radius 1 is 1.23 bits per heavy atom. The highest BCUT2D eigenvalue weighted by atomic mass is 32.2. The van der Waals surface area contributed by atoms with Crippen molar-refractivity contribution in [2.75, 3.05) is 5.75 Å². The topological polar surface area (TPSA) is 49.4 Å². The van der Waals surface area contributed by atoms with Crippen molar-refractivity contribution in [3.05, 3.63) is 35.4 Å². The number of rotatable bonds is 6. The molecule has 5 heteroatoms. The molecule has 0 saturated carbocycles. The molecule has 4 nitrogen and oxygen atoms in total. The summed E-state index contributed by atoms with van der Waals surface area (Å²) in [7, 11) is 0. The number of thioether (sulfide) groups is 1. The number of hydrogen-bond donors (Lipinski definition) is 1. The van der Waals surface area contributed by atoms with Crippen LogP contribution in [0, 0.1) is 18.8 Å². The fraction of sp³-hybridized carbons (Fsp3) is 0.619. The van der Waals surface area contributed by atoms with Crippen molar-refractivity contribution in [1.29, 1.82) is 0 Å². The Labute approximate surface area is 162 Å². The smallest absolute Gasteiger partial charge is 0.255 e. The fourth-order valence-electron chi connectivity index (χ4n) is 3.04. The second kappa shape index (κ2) is 8.94. The van der Waals surface area contributed by atoms with Gasteiger partial charge in [0.25, 0.3) is 5.91 Å².